The molecule has 0 saturated carbocycles. The molecule has 6 nitrogen and oxygen atoms in total. The third-order valence-electron chi connectivity index (χ3n) is 5.59. The fourth-order valence-corrected chi connectivity index (χ4v) is 4.60. The first-order valence-corrected chi connectivity index (χ1v) is 12.7. The van der Waals surface area contributed by atoms with Crippen LogP contribution in [0.5, 0.6) is 5.75 Å². The van der Waals surface area contributed by atoms with Crippen molar-refractivity contribution in [3.8, 4) is 5.75 Å². The second-order valence-corrected chi connectivity index (χ2v) is 10.0. The standard InChI is InChI=1S/C26H29FN2O4S/c1-5-24(21-10-15-25(33-3)18(2)16-21)28-26(30)20-8-13-23(14-9-20)29(34(4,31)32)17-19-6-11-22(27)12-7-19/h6-16,24H,5,17H2,1-4H3,(H,28,30). The van der Waals surface area contributed by atoms with Gasteiger partial charge in [0, 0.05) is 5.56 Å². The molecule has 8 heteroatoms. The second kappa shape index (κ2) is 10.7. The van der Waals surface area contributed by atoms with Gasteiger partial charge in [-0.25, -0.2) is 12.8 Å². The molecule has 0 radical (unpaired) electrons. The highest BCUT2D eigenvalue weighted by molar-refractivity contribution is 7.92. The lowest BCUT2D eigenvalue weighted by molar-refractivity contribution is 0.0935. The van der Waals surface area contributed by atoms with Gasteiger partial charge in [0.2, 0.25) is 10.0 Å². The smallest absolute Gasteiger partial charge is 0.251 e. The number of benzene rings is 3. The van der Waals surface area contributed by atoms with Gasteiger partial charge in [0.25, 0.3) is 5.91 Å². The summed E-state index contributed by atoms with van der Waals surface area (Å²) in [4.78, 5) is 12.9. The number of aryl methyl sites for hydroxylation is 1. The molecule has 1 N–H and O–H groups in total. The summed E-state index contributed by atoms with van der Waals surface area (Å²) in [6.45, 7) is 4.00. The number of rotatable bonds is 9. The molecular formula is C26H29FN2O4S. The molecule has 1 atom stereocenters. The quantitative estimate of drug-likeness (QED) is 0.464. The van der Waals surface area contributed by atoms with Crippen LogP contribution in [0.4, 0.5) is 10.1 Å². The lowest BCUT2D eigenvalue weighted by Crippen LogP contribution is -2.30. The lowest BCUT2D eigenvalue weighted by Gasteiger charge is -2.23. The van der Waals surface area contributed by atoms with Crippen molar-refractivity contribution in [2.24, 2.45) is 0 Å². The van der Waals surface area contributed by atoms with Crippen LogP contribution in [0.2, 0.25) is 0 Å². The average Bonchev–Trinajstić information content (AvgIpc) is 2.81. The summed E-state index contributed by atoms with van der Waals surface area (Å²) in [6, 6.07) is 17.7. The van der Waals surface area contributed by atoms with Gasteiger partial charge in [-0.05, 0) is 72.5 Å². The number of nitrogens with zero attached hydrogens (tertiary/aromatic N) is 1. The average molecular weight is 485 g/mol. The van der Waals surface area contributed by atoms with E-state index < -0.39 is 10.0 Å². The summed E-state index contributed by atoms with van der Waals surface area (Å²) in [5, 5.41) is 3.04. The van der Waals surface area contributed by atoms with E-state index in [2.05, 4.69) is 5.32 Å². The molecule has 1 unspecified atom stereocenters. The summed E-state index contributed by atoms with van der Waals surface area (Å²) in [5.74, 6) is 0.146. The van der Waals surface area contributed by atoms with E-state index >= 15 is 0 Å². The number of sulfonamides is 1. The predicted molar refractivity (Wildman–Crippen MR) is 132 cm³/mol. The molecule has 180 valence electrons. The van der Waals surface area contributed by atoms with Crippen molar-refractivity contribution in [3.63, 3.8) is 0 Å². The molecule has 34 heavy (non-hydrogen) atoms. The number of hydrogen-bond acceptors (Lipinski definition) is 4. The van der Waals surface area contributed by atoms with Crippen molar-refractivity contribution in [2.45, 2.75) is 32.9 Å². The molecule has 0 spiro atoms. The van der Waals surface area contributed by atoms with Crippen LogP contribution in [0, 0.1) is 12.7 Å². The van der Waals surface area contributed by atoms with Crippen LogP contribution in [-0.2, 0) is 16.6 Å². The molecule has 0 heterocycles. The van der Waals surface area contributed by atoms with E-state index in [4.69, 9.17) is 4.74 Å². The summed E-state index contributed by atoms with van der Waals surface area (Å²) in [6.07, 6.45) is 1.81. The highest BCUT2D eigenvalue weighted by Gasteiger charge is 2.20. The fourth-order valence-electron chi connectivity index (χ4n) is 3.72. The zero-order valence-corrected chi connectivity index (χ0v) is 20.5. The lowest BCUT2D eigenvalue weighted by atomic mass is 10.0. The van der Waals surface area contributed by atoms with Gasteiger partial charge < -0.3 is 10.1 Å². The van der Waals surface area contributed by atoms with E-state index in [1.165, 1.54) is 16.4 Å². The maximum Gasteiger partial charge on any atom is 0.251 e. The predicted octanol–water partition coefficient (Wildman–Crippen LogP) is 4.99. The SMILES string of the molecule is CCC(NC(=O)c1ccc(N(Cc2ccc(F)cc2)S(C)(=O)=O)cc1)c1ccc(OC)c(C)c1. The fraction of sp³-hybridized carbons (Fsp3) is 0.269. The molecule has 0 aromatic heterocycles. The number of methoxy groups -OCH3 is 1. The van der Waals surface area contributed by atoms with Crippen molar-refractivity contribution < 1.29 is 22.3 Å². The largest absolute Gasteiger partial charge is 0.496 e. The van der Waals surface area contributed by atoms with Gasteiger partial charge in [-0.2, -0.15) is 0 Å². The number of carbonyl (C=O) groups excluding carboxylic acids is 1. The summed E-state index contributed by atoms with van der Waals surface area (Å²) >= 11 is 0. The van der Waals surface area contributed by atoms with Crippen molar-refractivity contribution in [1.29, 1.82) is 0 Å². The Morgan fingerprint density at radius 2 is 1.71 bits per heavy atom. The molecule has 0 fully saturated rings. The highest BCUT2D eigenvalue weighted by atomic mass is 32.2. The molecule has 0 aliphatic carbocycles. The van der Waals surface area contributed by atoms with Gasteiger partial charge in [-0.3, -0.25) is 9.10 Å². The van der Waals surface area contributed by atoms with Gasteiger partial charge in [0.15, 0.2) is 0 Å². The maximum absolute atomic E-state index is 13.2. The molecule has 3 aromatic carbocycles. The Bertz CT molecular complexity index is 1240. The monoisotopic (exact) mass is 484 g/mol. The first-order chi connectivity index (χ1) is 16.1. The van der Waals surface area contributed by atoms with Crippen LogP contribution in [0.1, 0.15) is 46.4 Å². The Morgan fingerprint density at radius 1 is 1.06 bits per heavy atom. The number of nitrogens with one attached hydrogen (secondary N) is 1. The van der Waals surface area contributed by atoms with E-state index in [0.29, 0.717) is 23.2 Å². The first kappa shape index (κ1) is 25.2. The zero-order chi connectivity index (χ0) is 24.9. The summed E-state index contributed by atoms with van der Waals surface area (Å²) in [5.41, 5.74) is 3.45. The highest BCUT2D eigenvalue weighted by Crippen LogP contribution is 2.25. The number of halogens is 1. The summed E-state index contributed by atoms with van der Waals surface area (Å²) in [7, 11) is -1.98. The van der Waals surface area contributed by atoms with Gasteiger partial charge in [-0.1, -0.05) is 31.2 Å². The van der Waals surface area contributed by atoms with Crippen LogP contribution in [0.3, 0.4) is 0 Å². The molecular weight excluding hydrogens is 455 g/mol. The van der Waals surface area contributed by atoms with Crippen LogP contribution in [-0.4, -0.2) is 27.7 Å². The molecule has 0 bridgehead atoms. The third kappa shape index (κ3) is 6.14. The van der Waals surface area contributed by atoms with E-state index in [1.54, 1.807) is 43.5 Å². The van der Waals surface area contributed by atoms with Crippen LogP contribution in [0.15, 0.2) is 66.7 Å². The topological polar surface area (TPSA) is 75.7 Å². The Kier molecular flexibility index (Phi) is 7.94. The van der Waals surface area contributed by atoms with E-state index in [9.17, 15) is 17.6 Å². The minimum atomic E-state index is -3.60. The molecule has 0 aliphatic rings. The van der Waals surface area contributed by atoms with Crippen molar-refractivity contribution in [3.05, 3.63) is 94.8 Å². The Morgan fingerprint density at radius 3 is 2.24 bits per heavy atom. The second-order valence-electron chi connectivity index (χ2n) is 8.11. The molecule has 0 aliphatic heterocycles. The van der Waals surface area contributed by atoms with Crippen LogP contribution in [0.25, 0.3) is 0 Å². The molecule has 3 rings (SSSR count). The van der Waals surface area contributed by atoms with E-state index in [0.717, 1.165) is 23.1 Å². The number of hydrogen-bond donors (Lipinski definition) is 1. The molecule has 0 saturated heterocycles. The normalized spacial score (nSPS) is 12.1. The van der Waals surface area contributed by atoms with Gasteiger partial charge in [-0.15, -0.1) is 0 Å². The van der Waals surface area contributed by atoms with Crippen molar-refractivity contribution in [1.82, 2.24) is 5.32 Å². The van der Waals surface area contributed by atoms with E-state index in [1.807, 2.05) is 32.0 Å². The molecule has 3 aromatic rings. The minimum absolute atomic E-state index is 0.0549. The summed E-state index contributed by atoms with van der Waals surface area (Å²) < 4.78 is 44.5. The molecule has 1 amide bonds. The third-order valence-corrected chi connectivity index (χ3v) is 6.73. The van der Waals surface area contributed by atoms with Gasteiger partial charge in [0.05, 0.1) is 31.6 Å². The van der Waals surface area contributed by atoms with Crippen molar-refractivity contribution >= 4 is 21.6 Å². The zero-order valence-electron chi connectivity index (χ0n) is 19.7. The number of ether oxygens (including phenoxy) is 1. The van der Waals surface area contributed by atoms with Crippen LogP contribution >= 0.6 is 0 Å². The Labute approximate surface area is 200 Å². The number of amides is 1. The van der Waals surface area contributed by atoms with Crippen LogP contribution < -0.4 is 14.4 Å². The maximum atomic E-state index is 13.2. The Balaban J connectivity index is 1.77. The Hall–Kier alpha value is -3.39. The van der Waals surface area contributed by atoms with Crippen molar-refractivity contribution in [2.75, 3.05) is 17.7 Å². The van der Waals surface area contributed by atoms with Gasteiger partial charge >= 0.3 is 0 Å². The van der Waals surface area contributed by atoms with Gasteiger partial charge in [0.1, 0.15) is 11.6 Å². The minimum Gasteiger partial charge on any atom is -0.496 e. The number of anilines is 1. The van der Waals surface area contributed by atoms with E-state index in [-0.39, 0.29) is 24.3 Å². The number of carbonyl (C=O) groups is 1. The first-order valence-electron chi connectivity index (χ1n) is 10.9.